The smallest absolute Gasteiger partial charge is 0.248 e. The third-order valence-corrected chi connectivity index (χ3v) is 5.01. The molecule has 1 atom stereocenters. The molecule has 8 heteroatoms. The molecule has 31 heavy (non-hydrogen) atoms. The average Bonchev–Trinajstić information content (AvgIpc) is 2.78. The number of amides is 2. The second-order valence-corrected chi connectivity index (χ2v) is 7.28. The molecule has 0 aliphatic carbocycles. The highest BCUT2D eigenvalue weighted by Gasteiger charge is 2.27. The summed E-state index contributed by atoms with van der Waals surface area (Å²) in [4.78, 5) is 24.0. The first-order valence-electron chi connectivity index (χ1n) is 10.2. The van der Waals surface area contributed by atoms with Crippen molar-refractivity contribution in [3.8, 4) is 11.5 Å². The minimum atomic E-state index is -0.347. The number of piperidine rings is 1. The van der Waals surface area contributed by atoms with Crippen molar-refractivity contribution in [1.82, 2.24) is 5.01 Å². The van der Waals surface area contributed by atoms with Crippen molar-refractivity contribution in [2.75, 3.05) is 31.4 Å². The lowest BCUT2D eigenvalue weighted by atomic mass is 10.0. The van der Waals surface area contributed by atoms with Gasteiger partial charge in [-0.3, -0.25) is 14.6 Å². The minimum Gasteiger partial charge on any atom is -0.493 e. The molecule has 0 bridgehead atoms. The zero-order valence-electron chi connectivity index (χ0n) is 18.1. The molecule has 2 aromatic carbocycles. The van der Waals surface area contributed by atoms with Crippen LogP contribution in [0.2, 0.25) is 0 Å². The Kier molecular flexibility index (Phi) is 7.48. The van der Waals surface area contributed by atoms with E-state index < -0.39 is 0 Å². The van der Waals surface area contributed by atoms with Crippen LogP contribution in [0.3, 0.4) is 0 Å². The van der Waals surface area contributed by atoms with E-state index in [9.17, 15) is 9.59 Å². The highest BCUT2D eigenvalue weighted by Crippen LogP contribution is 2.27. The van der Waals surface area contributed by atoms with Crippen LogP contribution in [0.5, 0.6) is 11.5 Å². The first-order chi connectivity index (χ1) is 15.0. The summed E-state index contributed by atoms with van der Waals surface area (Å²) >= 11 is 0. The monoisotopic (exact) mass is 424 g/mol. The number of methoxy groups -OCH3 is 2. The highest BCUT2D eigenvalue weighted by molar-refractivity contribution is 5.95. The number of nitrogens with one attached hydrogen (secondary N) is 2. The molecule has 1 saturated heterocycles. The number of benzene rings is 2. The Hall–Kier alpha value is -3.55. The first kappa shape index (κ1) is 22.1. The van der Waals surface area contributed by atoms with Gasteiger partial charge in [-0.2, -0.15) is 5.10 Å². The molecule has 3 rings (SSSR count). The molecular formula is C23H28N4O4. The van der Waals surface area contributed by atoms with Gasteiger partial charge >= 0.3 is 0 Å². The number of anilines is 2. The molecule has 164 valence electrons. The van der Waals surface area contributed by atoms with Crippen LogP contribution in [0.4, 0.5) is 11.4 Å². The minimum absolute atomic E-state index is 0.101. The number of hydrogen-bond acceptors (Lipinski definition) is 6. The van der Waals surface area contributed by atoms with Crippen molar-refractivity contribution < 1.29 is 19.1 Å². The molecule has 2 aromatic rings. The van der Waals surface area contributed by atoms with E-state index in [2.05, 4.69) is 15.7 Å². The van der Waals surface area contributed by atoms with Gasteiger partial charge in [-0.05, 0) is 67.3 Å². The number of nitrogens with zero attached hydrogens (tertiary/aromatic N) is 2. The number of carbonyl (C=O) groups is 2. The Labute approximate surface area is 182 Å². The molecule has 2 amide bonds. The molecule has 1 heterocycles. The van der Waals surface area contributed by atoms with Gasteiger partial charge in [0.1, 0.15) is 6.04 Å². The molecule has 8 nitrogen and oxygen atoms in total. The van der Waals surface area contributed by atoms with Crippen LogP contribution >= 0.6 is 0 Å². The molecule has 1 fully saturated rings. The number of rotatable bonds is 7. The van der Waals surface area contributed by atoms with Crippen molar-refractivity contribution in [3.05, 3.63) is 48.0 Å². The first-order valence-corrected chi connectivity index (χ1v) is 10.2. The Morgan fingerprint density at radius 1 is 1.00 bits per heavy atom. The number of hydrogen-bond donors (Lipinski definition) is 2. The maximum absolute atomic E-state index is 12.9. The summed E-state index contributed by atoms with van der Waals surface area (Å²) in [6.45, 7) is 2.17. The Morgan fingerprint density at radius 2 is 1.68 bits per heavy atom. The van der Waals surface area contributed by atoms with E-state index in [0.717, 1.165) is 24.8 Å². The van der Waals surface area contributed by atoms with Crippen LogP contribution in [-0.2, 0) is 9.59 Å². The van der Waals surface area contributed by atoms with Crippen molar-refractivity contribution in [1.29, 1.82) is 0 Å². The topological polar surface area (TPSA) is 92.3 Å². The van der Waals surface area contributed by atoms with Gasteiger partial charge in [0, 0.05) is 24.8 Å². The Balaban J connectivity index is 1.67. The second-order valence-electron chi connectivity index (χ2n) is 7.28. The lowest BCUT2D eigenvalue weighted by Gasteiger charge is -2.32. The summed E-state index contributed by atoms with van der Waals surface area (Å²) in [6, 6.07) is 12.3. The largest absolute Gasteiger partial charge is 0.493 e. The van der Waals surface area contributed by atoms with Gasteiger partial charge in [0.15, 0.2) is 11.5 Å². The Bertz CT molecular complexity index is 943. The third-order valence-electron chi connectivity index (χ3n) is 5.01. The van der Waals surface area contributed by atoms with Gasteiger partial charge in [-0.15, -0.1) is 0 Å². The summed E-state index contributed by atoms with van der Waals surface area (Å²) < 4.78 is 10.6. The van der Waals surface area contributed by atoms with E-state index in [1.54, 1.807) is 44.7 Å². The van der Waals surface area contributed by atoms with Gasteiger partial charge in [0.05, 0.1) is 20.4 Å². The molecule has 1 aliphatic rings. The average molecular weight is 425 g/mol. The lowest BCUT2D eigenvalue weighted by molar-refractivity contribution is -0.122. The fraction of sp³-hybridized carbons (Fsp3) is 0.348. The summed E-state index contributed by atoms with van der Waals surface area (Å²) in [6.07, 6.45) is 4.43. The van der Waals surface area contributed by atoms with Crippen LogP contribution in [0.1, 0.15) is 31.7 Å². The standard InChI is InChI=1S/C23H28N4O4/c1-16(28)25-18-8-10-19(11-9-18)26-23(29)20-6-4-5-13-27(20)24-15-17-7-12-21(30-2)22(14-17)31-3/h7-12,14-15,20H,4-6,13H2,1-3H3,(H,25,28)(H,26,29)/b24-15+. The van der Waals surface area contributed by atoms with Gasteiger partial charge in [-0.25, -0.2) is 0 Å². The van der Waals surface area contributed by atoms with E-state index in [0.29, 0.717) is 29.4 Å². The highest BCUT2D eigenvalue weighted by atomic mass is 16.5. The summed E-state index contributed by atoms with van der Waals surface area (Å²) in [5.41, 5.74) is 2.22. The second kappa shape index (κ2) is 10.5. The predicted molar refractivity (Wildman–Crippen MR) is 121 cm³/mol. The van der Waals surface area contributed by atoms with E-state index in [1.165, 1.54) is 6.92 Å². The maximum atomic E-state index is 12.9. The molecule has 1 aliphatic heterocycles. The molecule has 2 N–H and O–H groups in total. The van der Waals surface area contributed by atoms with Crippen LogP contribution in [0, 0.1) is 0 Å². The van der Waals surface area contributed by atoms with Crippen molar-refractivity contribution in [2.45, 2.75) is 32.2 Å². The van der Waals surface area contributed by atoms with E-state index in [-0.39, 0.29) is 17.9 Å². The molecule has 0 spiro atoms. The summed E-state index contributed by atoms with van der Waals surface area (Å²) in [5.74, 6) is 1.04. The zero-order chi connectivity index (χ0) is 22.2. The van der Waals surface area contributed by atoms with E-state index in [1.807, 2.05) is 23.2 Å². The van der Waals surface area contributed by atoms with Gasteiger partial charge in [0.25, 0.3) is 0 Å². The fourth-order valence-corrected chi connectivity index (χ4v) is 3.46. The Morgan fingerprint density at radius 3 is 2.32 bits per heavy atom. The summed E-state index contributed by atoms with van der Waals surface area (Å²) in [7, 11) is 3.18. The number of hydrazone groups is 1. The zero-order valence-corrected chi connectivity index (χ0v) is 18.1. The van der Waals surface area contributed by atoms with Gasteiger partial charge in [0.2, 0.25) is 11.8 Å². The maximum Gasteiger partial charge on any atom is 0.248 e. The van der Waals surface area contributed by atoms with Crippen molar-refractivity contribution in [2.24, 2.45) is 5.10 Å². The quantitative estimate of drug-likeness (QED) is 0.664. The van der Waals surface area contributed by atoms with E-state index >= 15 is 0 Å². The molecule has 0 saturated carbocycles. The van der Waals surface area contributed by atoms with Crippen LogP contribution in [-0.4, -0.2) is 49.8 Å². The van der Waals surface area contributed by atoms with E-state index in [4.69, 9.17) is 9.47 Å². The third kappa shape index (κ3) is 5.97. The van der Waals surface area contributed by atoms with Crippen molar-refractivity contribution >= 4 is 29.4 Å². The molecule has 0 aromatic heterocycles. The fourth-order valence-electron chi connectivity index (χ4n) is 3.46. The molecular weight excluding hydrogens is 396 g/mol. The van der Waals surface area contributed by atoms with Gasteiger partial charge in [-0.1, -0.05) is 0 Å². The SMILES string of the molecule is COc1ccc(/C=N/N2CCCCC2C(=O)Nc2ccc(NC(C)=O)cc2)cc1OC. The van der Waals surface area contributed by atoms with Crippen LogP contribution in [0.25, 0.3) is 0 Å². The summed E-state index contributed by atoms with van der Waals surface area (Å²) in [5, 5.41) is 12.1. The molecule has 1 unspecified atom stereocenters. The number of ether oxygens (including phenoxy) is 2. The normalized spacial score (nSPS) is 16.1. The van der Waals surface area contributed by atoms with Crippen LogP contribution < -0.4 is 20.1 Å². The van der Waals surface area contributed by atoms with Crippen LogP contribution in [0.15, 0.2) is 47.6 Å². The number of carbonyl (C=O) groups excluding carboxylic acids is 2. The molecule has 0 radical (unpaired) electrons. The predicted octanol–water partition coefficient (Wildman–Crippen LogP) is 3.49. The lowest BCUT2D eigenvalue weighted by Crippen LogP contribution is -2.44. The van der Waals surface area contributed by atoms with Crippen molar-refractivity contribution in [3.63, 3.8) is 0 Å². The van der Waals surface area contributed by atoms with Gasteiger partial charge < -0.3 is 20.1 Å².